The van der Waals surface area contributed by atoms with Gasteiger partial charge in [0.05, 0.1) is 39.9 Å². The number of phosphoric acid groups is 1. The van der Waals surface area contributed by atoms with Gasteiger partial charge in [-0.3, -0.25) is 9.36 Å². The molecule has 0 fully saturated rings. The fourth-order valence-corrected chi connectivity index (χ4v) is 7.42. The van der Waals surface area contributed by atoms with Crippen LogP contribution in [-0.2, 0) is 18.4 Å². The lowest BCUT2D eigenvalue weighted by molar-refractivity contribution is -0.870. The number of nitrogens with one attached hydrogen (secondary N) is 1. The van der Waals surface area contributed by atoms with Gasteiger partial charge in [0.25, 0.3) is 7.82 Å². The predicted molar refractivity (Wildman–Crippen MR) is 233 cm³/mol. The van der Waals surface area contributed by atoms with E-state index in [2.05, 4.69) is 31.3 Å². The van der Waals surface area contributed by atoms with Gasteiger partial charge in [0, 0.05) is 6.42 Å². The molecule has 0 aliphatic heterocycles. The second kappa shape index (κ2) is 38.5. The molecule has 0 aromatic rings. The van der Waals surface area contributed by atoms with Crippen molar-refractivity contribution in [3.8, 4) is 0 Å². The largest absolute Gasteiger partial charge is 0.756 e. The second-order valence-corrected chi connectivity index (χ2v) is 18.5. The van der Waals surface area contributed by atoms with Gasteiger partial charge in [0.1, 0.15) is 13.2 Å². The topological polar surface area (TPSA) is 108 Å². The molecule has 0 rings (SSSR count). The molecule has 2 N–H and O–H groups in total. The summed E-state index contributed by atoms with van der Waals surface area (Å²) in [7, 11) is 1.25. The Morgan fingerprint density at radius 2 is 1.02 bits per heavy atom. The van der Waals surface area contributed by atoms with Crippen molar-refractivity contribution in [1.82, 2.24) is 5.32 Å². The average Bonchev–Trinajstić information content (AvgIpc) is 3.13. The number of amides is 1. The lowest BCUT2D eigenvalue weighted by atomic mass is 10.0. The van der Waals surface area contributed by atoms with E-state index in [1.807, 2.05) is 27.2 Å². The number of phosphoric ester groups is 1. The standard InChI is InChI=1S/C46H91N2O6P/c1-6-8-10-12-14-16-18-19-20-21-22-23-24-25-26-27-28-29-30-31-33-35-37-39-45(49)44(43-54-55(51,52)53-42-41-48(3,4)5)47-46(50)40-38-36-34-32-17-15-13-11-9-7-2/h30-31,37,39,44-45,49H,6-29,32-36,38,40-43H2,1-5H3,(H-,47,50,51,52)/b31-30+,39-37+. The summed E-state index contributed by atoms with van der Waals surface area (Å²) in [6.07, 6.45) is 45.3. The van der Waals surface area contributed by atoms with E-state index in [9.17, 15) is 19.4 Å². The first kappa shape index (κ1) is 54.0. The third-order valence-electron chi connectivity index (χ3n) is 10.4. The fraction of sp³-hybridized carbons (Fsp3) is 0.891. The molecule has 1 amide bonds. The molecular formula is C46H91N2O6P. The number of aliphatic hydroxyl groups excluding tert-OH is 1. The number of quaternary nitrogens is 1. The van der Waals surface area contributed by atoms with E-state index >= 15 is 0 Å². The highest BCUT2D eigenvalue weighted by Crippen LogP contribution is 2.38. The lowest BCUT2D eigenvalue weighted by Gasteiger charge is -2.29. The Bertz CT molecular complexity index is 953. The Morgan fingerprint density at radius 1 is 0.618 bits per heavy atom. The van der Waals surface area contributed by atoms with E-state index in [1.54, 1.807) is 6.08 Å². The van der Waals surface area contributed by atoms with Crippen molar-refractivity contribution in [1.29, 1.82) is 0 Å². The van der Waals surface area contributed by atoms with Crippen LogP contribution in [-0.4, -0.2) is 68.5 Å². The van der Waals surface area contributed by atoms with Crippen molar-refractivity contribution in [2.45, 2.75) is 225 Å². The maximum atomic E-state index is 12.8. The summed E-state index contributed by atoms with van der Waals surface area (Å²) in [5.74, 6) is -0.209. The first-order chi connectivity index (χ1) is 26.5. The van der Waals surface area contributed by atoms with Crippen LogP contribution in [0.2, 0.25) is 0 Å². The Balaban J connectivity index is 4.32. The predicted octanol–water partition coefficient (Wildman–Crippen LogP) is 12.3. The van der Waals surface area contributed by atoms with Crippen LogP contribution in [0.1, 0.15) is 213 Å². The normalized spacial score (nSPS) is 14.5. The minimum Gasteiger partial charge on any atom is -0.756 e. The van der Waals surface area contributed by atoms with Gasteiger partial charge in [-0.2, -0.15) is 0 Å². The van der Waals surface area contributed by atoms with Gasteiger partial charge in [0.2, 0.25) is 5.91 Å². The van der Waals surface area contributed by atoms with Gasteiger partial charge >= 0.3 is 0 Å². The van der Waals surface area contributed by atoms with E-state index in [4.69, 9.17) is 9.05 Å². The van der Waals surface area contributed by atoms with E-state index in [-0.39, 0.29) is 19.1 Å². The van der Waals surface area contributed by atoms with E-state index in [1.165, 1.54) is 154 Å². The summed E-state index contributed by atoms with van der Waals surface area (Å²) in [5.41, 5.74) is 0. The Morgan fingerprint density at radius 3 is 1.47 bits per heavy atom. The van der Waals surface area contributed by atoms with Crippen molar-refractivity contribution in [2.24, 2.45) is 0 Å². The number of carbonyl (C=O) groups is 1. The van der Waals surface area contributed by atoms with E-state index in [0.717, 1.165) is 38.5 Å². The molecular weight excluding hydrogens is 707 g/mol. The van der Waals surface area contributed by atoms with Crippen molar-refractivity contribution in [3.05, 3.63) is 24.3 Å². The third kappa shape index (κ3) is 41.0. The monoisotopic (exact) mass is 799 g/mol. The van der Waals surface area contributed by atoms with Crippen molar-refractivity contribution < 1.29 is 32.9 Å². The average molecular weight is 799 g/mol. The molecule has 55 heavy (non-hydrogen) atoms. The lowest BCUT2D eigenvalue weighted by Crippen LogP contribution is -2.45. The van der Waals surface area contributed by atoms with Crippen LogP contribution in [0.5, 0.6) is 0 Å². The molecule has 0 spiro atoms. The van der Waals surface area contributed by atoms with Gasteiger partial charge < -0.3 is 28.8 Å². The van der Waals surface area contributed by atoms with Gasteiger partial charge in [-0.25, -0.2) is 0 Å². The van der Waals surface area contributed by atoms with Crippen molar-refractivity contribution in [2.75, 3.05) is 40.9 Å². The smallest absolute Gasteiger partial charge is 0.268 e. The zero-order valence-corrected chi connectivity index (χ0v) is 37.8. The van der Waals surface area contributed by atoms with E-state index < -0.39 is 20.0 Å². The van der Waals surface area contributed by atoms with Gasteiger partial charge in [0.15, 0.2) is 0 Å². The van der Waals surface area contributed by atoms with Crippen molar-refractivity contribution >= 4 is 13.7 Å². The fourth-order valence-electron chi connectivity index (χ4n) is 6.70. The summed E-state index contributed by atoms with van der Waals surface area (Å²) < 4.78 is 23.1. The van der Waals surface area contributed by atoms with Crippen LogP contribution >= 0.6 is 7.82 Å². The molecule has 0 bridgehead atoms. The highest BCUT2D eigenvalue weighted by atomic mass is 31.2. The number of hydrogen-bond donors (Lipinski definition) is 2. The summed E-state index contributed by atoms with van der Waals surface area (Å²) in [5, 5.41) is 13.7. The van der Waals surface area contributed by atoms with Crippen LogP contribution < -0.4 is 10.2 Å². The van der Waals surface area contributed by atoms with Crippen LogP contribution in [0.3, 0.4) is 0 Å². The maximum absolute atomic E-state index is 12.8. The highest BCUT2D eigenvalue weighted by Gasteiger charge is 2.23. The van der Waals surface area contributed by atoms with Gasteiger partial charge in [-0.15, -0.1) is 0 Å². The molecule has 0 aliphatic rings. The minimum atomic E-state index is -4.59. The van der Waals surface area contributed by atoms with E-state index in [0.29, 0.717) is 17.4 Å². The summed E-state index contributed by atoms with van der Waals surface area (Å²) in [6, 6.07) is -0.897. The number of rotatable bonds is 42. The molecule has 3 atom stereocenters. The summed E-state index contributed by atoms with van der Waals surface area (Å²) >= 11 is 0. The molecule has 0 radical (unpaired) electrons. The number of allylic oxidation sites excluding steroid dienone is 3. The third-order valence-corrected chi connectivity index (χ3v) is 11.4. The minimum absolute atomic E-state index is 0.00444. The molecule has 0 saturated carbocycles. The van der Waals surface area contributed by atoms with Gasteiger partial charge in [-0.1, -0.05) is 199 Å². The molecule has 0 saturated heterocycles. The van der Waals surface area contributed by atoms with Crippen LogP contribution in [0.15, 0.2) is 24.3 Å². The molecule has 8 nitrogen and oxygen atoms in total. The SMILES string of the molecule is CCCCCCCCCCCCCCCCCCC/C=C/CC/C=C/C(O)C(COP(=O)([O-])OCC[N+](C)(C)C)NC(=O)CCCCCCCCCCCC. The Kier molecular flexibility index (Phi) is 37.8. The van der Waals surface area contributed by atoms with Crippen LogP contribution in [0.25, 0.3) is 0 Å². The Labute approximate surface area is 341 Å². The Hall–Kier alpha value is -1.02. The molecule has 0 aromatic carbocycles. The number of likely N-dealkylation sites (N-methyl/N-ethyl adjacent to an activating group) is 1. The highest BCUT2D eigenvalue weighted by molar-refractivity contribution is 7.45. The number of nitrogens with zero attached hydrogens (tertiary/aromatic N) is 1. The quantitative estimate of drug-likeness (QED) is 0.0276. The van der Waals surface area contributed by atoms with Crippen LogP contribution in [0.4, 0.5) is 0 Å². The zero-order chi connectivity index (χ0) is 40.7. The number of carbonyl (C=O) groups excluding carboxylic acids is 1. The summed E-state index contributed by atoms with van der Waals surface area (Å²) in [4.78, 5) is 25.2. The maximum Gasteiger partial charge on any atom is 0.268 e. The van der Waals surface area contributed by atoms with Crippen molar-refractivity contribution in [3.63, 3.8) is 0 Å². The second-order valence-electron chi connectivity index (χ2n) is 17.1. The first-order valence-electron chi connectivity index (χ1n) is 23.2. The number of unbranched alkanes of at least 4 members (excludes halogenated alkanes) is 27. The molecule has 326 valence electrons. The zero-order valence-electron chi connectivity index (χ0n) is 36.9. The first-order valence-corrected chi connectivity index (χ1v) is 24.7. The molecule has 0 heterocycles. The van der Waals surface area contributed by atoms with Gasteiger partial charge in [-0.05, 0) is 32.1 Å². The summed E-state index contributed by atoms with van der Waals surface area (Å²) in [6.45, 7) is 4.62. The number of hydrogen-bond acceptors (Lipinski definition) is 6. The molecule has 0 aromatic heterocycles. The molecule has 9 heteroatoms. The molecule has 0 aliphatic carbocycles. The van der Waals surface area contributed by atoms with Crippen LogP contribution in [0, 0.1) is 0 Å². The molecule has 3 unspecified atom stereocenters. The number of aliphatic hydroxyl groups is 1.